The second-order valence-corrected chi connectivity index (χ2v) is 4.91. The van der Waals surface area contributed by atoms with E-state index in [1.54, 1.807) is 24.3 Å². The summed E-state index contributed by atoms with van der Waals surface area (Å²) >= 11 is 0. The SMILES string of the molecule is O=C(O)c1cc(C(=O)C#C[c-]2cccc2)c(O)cc1O.[Fe].[cH-]1[cH-][cH-][cH-][cH-]1. The molecule has 0 saturated heterocycles. The molecule has 3 aromatic rings. The number of aromatic carboxylic acids is 1. The molecule has 0 aromatic heterocycles. The van der Waals surface area contributed by atoms with E-state index in [1.807, 2.05) is 30.3 Å². The number of carbonyl (C=O) groups is 2. The third kappa shape index (κ3) is 5.67. The second-order valence-electron chi connectivity index (χ2n) is 4.91. The number of ketones is 1. The summed E-state index contributed by atoms with van der Waals surface area (Å²) in [6.45, 7) is 0. The van der Waals surface area contributed by atoms with Gasteiger partial charge in [0.1, 0.15) is 17.1 Å². The molecule has 3 N–H and O–H groups in total. The van der Waals surface area contributed by atoms with Crippen LogP contribution in [0, 0.1) is 11.8 Å². The fourth-order valence-corrected chi connectivity index (χ4v) is 1.90. The molecule has 0 aliphatic heterocycles. The van der Waals surface area contributed by atoms with Crippen molar-refractivity contribution < 1.29 is 42.0 Å². The van der Waals surface area contributed by atoms with Crippen molar-refractivity contribution >= 4 is 11.8 Å². The van der Waals surface area contributed by atoms with Crippen LogP contribution in [-0.4, -0.2) is 27.1 Å². The monoisotopic (exact) mass is 390 g/mol. The van der Waals surface area contributed by atoms with Crippen molar-refractivity contribution in [2.75, 3.05) is 0 Å². The summed E-state index contributed by atoms with van der Waals surface area (Å²) in [6.07, 6.45) is 0. The summed E-state index contributed by atoms with van der Waals surface area (Å²) in [7, 11) is 0. The molecule has 0 aliphatic rings. The molecular weight excluding hydrogens is 376 g/mol. The largest absolute Gasteiger partial charge is 0.748 e. The molecule has 0 aliphatic carbocycles. The third-order valence-electron chi connectivity index (χ3n) is 3.13. The van der Waals surface area contributed by atoms with Gasteiger partial charge < -0.3 is 45.7 Å². The Hall–Kier alpha value is -3.26. The summed E-state index contributed by atoms with van der Waals surface area (Å²) < 4.78 is 0. The molecule has 0 unspecified atom stereocenters. The Morgan fingerprint density at radius 1 is 0.885 bits per heavy atom. The van der Waals surface area contributed by atoms with Crippen molar-refractivity contribution in [3.05, 3.63) is 83.4 Å². The quantitative estimate of drug-likeness (QED) is 0.271. The van der Waals surface area contributed by atoms with E-state index in [2.05, 4.69) is 11.8 Å². The molecule has 3 aromatic carbocycles. The number of carbonyl (C=O) groups excluding carboxylic acids is 1. The first-order valence-corrected chi connectivity index (χ1v) is 7.23. The van der Waals surface area contributed by atoms with E-state index in [1.165, 1.54) is 0 Å². The molecular formula is C20H14FeO5-6. The predicted molar refractivity (Wildman–Crippen MR) is 92.0 cm³/mol. The first kappa shape index (κ1) is 20.8. The molecule has 138 valence electrons. The van der Waals surface area contributed by atoms with Crippen LogP contribution in [0.15, 0.2) is 66.7 Å². The molecule has 0 radical (unpaired) electrons. The maximum Gasteiger partial charge on any atom is 0.339 e. The predicted octanol–water partition coefficient (Wildman–Crippen LogP) is 3.15. The van der Waals surface area contributed by atoms with Crippen LogP contribution < -0.4 is 0 Å². The van der Waals surface area contributed by atoms with E-state index < -0.39 is 28.8 Å². The Balaban J connectivity index is 0.000000486. The van der Waals surface area contributed by atoms with Crippen molar-refractivity contribution in [2.45, 2.75) is 0 Å². The van der Waals surface area contributed by atoms with E-state index in [0.29, 0.717) is 5.56 Å². The van der Waals surface area contributed by atoms with Crippen LogP contribution in [0.2, 0.25) is 0 Å². The van der Waals surface area contributed by atoms with E-state index >= 15 is 0 Å². The van der Waals surface area contributed by atoms with Crippen LogP contribution in [-0.2, 0) is 17.1 Å². The molecule has 6 heteroatoms. The van der Waals surface area contributed by atoms with Crippen molar-refractivity contribution in [2.24, 2.45) is 0 Å². The molecule has 0 saturated carbocycles. The number of phenolic OH excluding ortho intramolecular Hbond substituents is 1. The van der Waals surface area contributed by atoms with Crippen LogP contribution in [0.25, 0.3) is 0 Å². The average Bonchev–Trinajstić information content (AvgIpc) is 3.28. The fourth-order valence-electron chi connectivity index (χ4n) is 1.90. The number of aromatic hydroxyl groups is 2. The minimum Gasteiger partial charge on any atom is -0.748 e. The van der Waals surface area contributed by atoms with Gasteiger partial charge in [-0.1, -0.05) is 5.56 Å². The molecule has 0 amide bonds. The topological polar surface area (TPSA) is 94.8 Å². The van der Waals surface area contributed by atoms with Crippen LogP contribution in [0.1, 0.15) is 26.3 Å². The Kier molecular flexibility index (Phi) is 7.91. The first-order chi connectivity index (χ1) is 12.0. The maximum absolute atomic E-state index is 11.8. The van der Waals surface area contributed by atoms with Crippen molar-refractivity contribution in [3.63, 3.8) is 0 Å². The van der Waals surface area contributed by atoms with Gasteiger partial charge in [0.25, 0.3) is 0 Å². The minimum absolute atomic E-state index is 0. The van der Waals surface area contributed by atoms with Gasteiger partial charge in [-0.15, -0.1) is 18.1 Å². The fraction of sp³-hybridized carbons (Fsp3) is 0. The number of carboxylic acids is 1. The number of carboxylic acid groups (broad SMARTS) is 1. The number of hydrogen-bond acceptors (Lipinski definition) is 4. The van der Waals surface area contributed by atoms with Gasteiger partial charge in [0.2, 0.25) is 0 Å². The van der Waals surface area contributed by atoms with Crippen molar-refractivity contribution in [3.8, 4) is 23.3 Å². The average molecular weight is 390 g/mol. The Morgan fingerprint density at radius 3 is 1.88 bits per heavy atom. The summed E-state index contributed by atoms with van der Waals surface area (Å²) in [4.78, 5) is 22.7. The second kappa shape index (κ2) is 9.90. The number of phenols is 2. The molecule has 5 nitrogen and oxygen atoms in total. The first-order valence-electron chi connectivity index (χ1n) is 7.23. The van der Waals surface area contributed by atoms with Crippen LogP contribution in [0.3, 0.4) is 0 Å². The summed E-state index contributed by atoms with van der Waals surface area (Å²) in [5, 5.41) is 27.8. The van der Waals surface area contributed by atoms with E-state index in [0.717, 1.165) is 12.1 Å². The minimum atomic E-state index is -1.40. The van der Waals surface area contributed by atoms with E-state index in [4.69, 9.17) is 5.11 Å². The van der Waals surface area contributed by atoms with E-state index in [-0.39, 0.29) is 22.6 Å². The van der Waals surface area contributed by atoms with Gasteiger partial charge in [-0.25, -0.2) is 4.79 Å². The smallest absolute Gasteiger partial charge is 0.339 e. The number of hydrogen-bond donors (Lipinski definition) is 3. The summed E-state index contributed by atoms with van der Waals surface area (Å²) in [5.74, 6) is 1.63. The van der Waals surface area contributed by atoms with Gasteiger partial charge in [0.15, 0.2) is 5.78 Å². The zero-order valence-corrected chi connectivity index (χ0v) is 14.5. The summed E-state index contributed by atoms with van der Waals surface area (Å²) in [6, 6.07) is 18.6. The van der Waals surface area contributed by atoms with Gasteiger partial charge >= 0.3 is 5.97 Å². The zero-order valence-electron chi connectivity index (χ0n) is 13.4. The number of benzene rings is 1. The van der Waals surface area contributed by atoms with Crippen LogP contribution >= 0.6 is 0 Å². The Morgan fingerprint density at radius 2 is 1.38 bits per heavy atom. The standard InChI is InChI=1S/C15H9O5.C5H5.Fe/c16-12(6-5-9-3-1-2-4-9)10-7-11(15(19)20)14(18)8-13(10)17;1-2-4-5-3-1;/h1-4,7-8,17-18H,(H,19,20);1-5H;/q-1;-5;. The maximum atomic E-state index is 11.8. The molecule has 0 heterocycles. The van der Waals surface area contributed by atoms with Crippen molar-refractivity contribution in [1.82, 2.24) is 0 Å². The van der Waals surface area contributed by atoms with Gasteiger partial charge in [0.05, 0.1) is 5.56 Å². The van der Waals surface area contributed by atoms with Crippen LogP contribution in [0.5, 0.6) is 11.5 Å². The Labute approximate surface area is 160 Å². The molecule has 0 atom stereocenters. The molecule has 0 spiro atoms. The van der Waals surface area contributed by atoms with Crippen molar-refractivity contribution in [1.29, 1.82) is 0 Å². The molecule has 0 bridgehead atoms. The number of Topliss-reactive ketones (excluding diaryl/α,β-unsaturated/α-hetero) is 1. The normalized spacial score (nSPS) is 8.92. The van der Waals surface area contributed by atoms with Gasteiger partial charge in [-0.2, -0.15) is 18.1 Å². The van der Waals surface area contributed by atoms with Gasteiger partial charge in [-0.3, -0.25) is 4.79 Å². The molecule has 26 heavy (non-hydrogen) atoms. The van der Waals surface area contributed by atoms with Gasteiger partial charge in [0, 0.05) is 23.1 Å². The van der Waals surface area contributed by atoms with E-state index in [9.17, 15) is 19.8 Å². The zero-order chi connectivity index (χ0) is 18.2. The molecule has 3 rings (SSSR count). The Bertz CT molecular complexity index is 896. The molecule has 0 fully saturated rings. The third-order valence-corrected chi connectivity index (χ3v) is 3.13. The van der Waals surface area contributed by atoms with Gasteiger partial charge in [-0.05, 0) is 6.07 Å². The van der Waals surface area contributed by atoms with Crippen LogP contribution in [0.4, 0.5) is 0 Å². The number of rotatable bonds is 2. The summed E-state index contributed by atoms with van der Waals surface area (Å²) in [5.41, 5.74) is -0.101.